The number of rotatable bonds is 1. The summed E-state index contributed by atoms with van der Waals surface area (Å²) in [5.74, 6) is 0. The summed E-state index contributed by atoms with van der Waals surface area (Å²) >= 11 is 11.7. The van der Waals surface area contributed by atoms with Crippen LogP contribution in [0.2, 0.25) is 10.0 Å². The zero-order valence-corrected chi connectivity index (χ0v) is 9.02. The van der Waals surface area contributed by atoms with Gasteiger partial charge in [-0.25, -0.2) is 0 Å². The fourth-order valence-corrected chi connectivity index (χ4v) is 1.52. The van der Waals surface area contributed by atoms with Crippen LogP contribution < -0.4 is 0 Å². The van der Waals surface area contributed by atoms with Gasteiger partial charge in [-0.05, 0) is 25.1 Å². The molecule has 0 aliphatic carbocycles. The summed E-state index contributed by atoms with van der Waals surface area (Å²) in [4.78, 5) is 0. The quantitative estimate of drug-likeness (QED) is 0.790. The van der Waals surface area contributed by atoms with E-state index < -0.39 is 0 Å². The Balaban J connectivity index is 2.47. The zero-order valence-electron chi connectivity index (χ0n) is 7.51. The lowest BCUT2D eigenvalue weighted by Gasteiger charge is -1.98. The van der Waals surface area contributed by atoms with Crippen molar-refractivity contribution < 1.29 is 0 Å². The second-order valence-electron chi connectivity index (χ2n) is 3.07. The minimum Gasteiger partial charge on any atom is -0.282 e. The SMILES string of the molecule is Cc1cc(-c2ccc(Cl)c(Cl)c2)n[nH]1. The smallest absolute Gasteiger partial charge is 0.0923 e. The van der Waals surface area contributed by atoms with Gasteiger partial charge in [0.15, 0.2) is 0 Å². The van der Waals surface area contributed by atoms with Crippen molar-refractivity contribution >= 4 is 23.2 Å². The standard InChI is InChI=1S/C10H8Cl2N2/c1-6-4-10(14-13-6)7-2-3-8(11)9(12)5-7/h2-5H,1H3,(H,13,14). The van der Waals surface area contributed by atoms with Crippen LogP contribution in [0, 0.1) is 6.92 Å². The van der Waals surface area contributed by atoms with Crippen LogP contribution in [-0.4, -0.2) is 10.2 Å². The second kappa shape index (κ2) is 3.64. The highest BCUT2D eigenvalue weighted by Crippen LogP contribution is 2.27. The fourth-order valence-electron chi connectivity index (χ4n) is 1.22. The molecule has 14 heavy (non-hydrogen) atoms. The highest BCUT2D eigenvalue weighted by Gasteiger charge is 2.04. The van der Waals surface area contributed by atoms with E-state index in [0.29, 0.717) is 10.0 Å². The maximum Gasteiger partial charge on any atom is 0.0923 e. The average molecular weight is 227 g/mol. The first-order chi connectivity index (χ1) is 6.66. The summed E-state index contributed by atoms with van der Waals surface area (Å²) in [7, 11) is 0. The Morgan fingerprint density at radius 3 is 2.50 bits per heavy atom. The minimum absolute atomic E-state index is 0.546. The van der Waals surface area contributed by atoms with Gasteiger partial charge in [0.1, 0.15) is 0 Å². The van der Waals surface area contributed by atoms with Gasteiger partial charge in [-0.3, -0.25) is 5.10 Å². The molecule has 0 spiro atoms. The third kappa shape index (κ3) is 1.76. The number of hydrogen-bond acceptors (Lipinski definition) is 1. The van der Waals surface area contributed by atoms with E-state index in [1.807, 2.05) is 19.1 Å². The van der Waals surface area contributed by atoms with E-state index in [4.69, 9.17) is 23.2 Å². The molecule has 0 saturated heterocycles. The number of nitrogens with zero attached hydrogens (tertiary/aromatic N) is 1. The molecule has 1 heterocycles. The molecule has 4 heteroatoms. The van der Waals surface area contributed by atoms with Crippen molar-refractivity contribution in [2.75, 3.05) is 0 Å². The number of halogens is 2. The van der Waals surface area contributed by atoms with E-state index in [9.17, 15) is 0 Å². The van der Waals surface area contributed by atoms with Crippen molar-refractivity contribution in [1.82, 2.24) is 10.2 Å². The van der Waals surface area contributed by atoms with Crippen LogP contribution in [-0.2, 0) is 0 Å². The summed E-state index contributed by atoms with van der Waals surface area (Å²) in [5, 5.41) is 8.11. The van der Waals surface area contributed by atoms with Crippen molar-refractivity contribution in [2.45, 2.75) is 6.92 Å². The van der Waals surface area contributed by atoms with Gasteiger partial charge >= 0.3 is 0 Å². The molecule has 0 aliphatic heterocycles. The minimum atomic E-state index is 0.546. The Kier molecular flexibility index (Phi) is 2.48. The Morgan fingerprint density at radius 1 is 1.14 bits per heavy atom. The number of aromatic nitrogens is 2. The molecule has 0 radical (unpaired) electrons. The third-order valence-electron chi connectivity index (χ3n) is 1.92. The maximum absolute atomic E-state index is 5.90. The molecule has 2 aromatic rings. The Labute approximate surface area is 91.9 Å². The highest BCUT2D eigenvalue weighted by atomic mass is 35.5. The molecule has 0 unspecified atom stereocenters. The van der Waals surface area contributed by atoms with Gasteiger partial charge in [0, 0.05) is 11.3 Å². The largest absolute Gasteiger partial charge is 0.282 e. The third-order valence-corrected chi connectivity index (χ3v) is 2.66. The predicted molar refractivity (Wildman–Crippen MR) is 58.8 cm³/mol. The van der Waals surface area contributed by atoms with Crippen LogP contribution in [0.25, 0.3) is 11.3 Å². The lowest BCUT2D eigenvalue weighted by atomic mass is 10.1. The number of nitrogens with one attached hydrogen (secondary N) is 1. The highest BCUT2D eigenvalue weighted by molar-refractivity contribution is 6.42. The molecule has 1 aromatic carbocycles. The average Bonchev–Trinajstić information content (AvgIpc) is 2.57. The van der Waals surface area contributed by atoms with Crippen molar-refractivity contribution in [1.29, 1.82) is 0 Å². The molecule has 0 amide bonds. The monoisotopic (exact) mass is 226 g/mol. The Morgan fingerprint density at radius 2 is 1.93 bits per heavy atom. The lowest BCUT2D eigenvalue weighted by molar-refractivity contribution is 1.05. The predicted octanol–water partition coefficient (Wildman–Crippen LogP) is 3.69. The van der Waals surface area contributed by atoms with Gasteiger partial charge in [-0.15, -0.1) is 0 Å². The summed E-state index contributed by atoms with van der Waals surface area (Å²) in [6, 6.07) is 7.42. The molecule has 1 aromatic heterocycles. The van der Waals surface area contributed by atoms with Crippen LogP contribution >= 0.6 is 23.2 Å². The molecule has 0 fully saturated rings. The first-order valence-corrected chi connectivity index (χ1v) is 4.90. The van der Waals surface area contributed by atoms with Crippen molar-refractivity contribution in [3.63, 3.8) is 0 Å². The Bertz CT molecular complexity index is 463. The normalized spacial score (nSPS) is 10.5. The number of benzene rings is 1. The van der Waals surface area contributed by atoms with Gasteiger partial charge in [-0.1, -0.05) is 29.3 Å². The molecule has 0 bridgehead atoms. The topological polar surface area (TPSA) is 28.7 Å². The first-order valence-electron chi connectivity index (χ1n) is 4.14. The molecule has 0 atom stereocenters. The second-order valence-corrected chi connectivity index (χ2v) is 3.88. The van der Waals surface area contributed by atoms with Crippen LogP contribution in [0.1, 0.15) is 5.69 Å². The molecule has 0 saturated carbocycles. The van der Waals surface area contributed by atoms with Gasteiger partial charge in [0.25, 0.3) is 0 Å². The molecular weight excluding hydrogens is 219 g/mol. The van der Waals surface area contributed by atoms with Crippen molar-refractivity contribution in [3.05, 3.63) is 40.0 Å². The van der Waals surface area contributed by atoms with Gasteiger partial charge in [0.05, 0.1) is 15.7 Å². The molecular formula is C10H8Cl2N2. The molecule has 2 nitrogen and oxygen atoms in total. The molecule has 0 aliphatic rings. The number of aryl methyl sites for hydroxylation is 1. The maximum atomic E-state index is 5.90. The Hall–Kier alpha value is -0.990. The molecule has 2 rings (SSSR count). The van der Waals surface area contributed by atoms with E-state index in [2.05, 4.69) is 10.2 Å². The van der Waals surface area contributed by atoms with Crippen LogP contribution in [0.3, 0.4) is 0 Å². The first kappa shape index (κ1) is 9.56. The number of H-pyrrole nitrogens is 1. The van der Waals surface area contributed by atoms with Crippen molar-refractivity contribution in [2.24, 2.45) is 0 Å². The van der Waals surface area contributed by atoms with E-state index >= 15 is 0 Å². The van der Waals surface area contributed by atoms with E-state index in [0.717, 1.165) is 17.0 Å². The van der Waals surface area contributed by atoms with E-state index in [1.165, 1.54) is 0 Å². The fraction of sp³-hybridized carbons (Fsp3) is 0.100. The number of aromatic amines is 1. The summed E-state index contributed by atoms with van der Waals surface area (Å²) < 4.78 is 0. The zero-order chi connectivity index (χ0) is 10.1. The van der Waals surface area contributed by atoms with E-state index in [-0.39, 0.29) is 0 Å². The van der Waals surface area contributed by atoms with Gasteiger partial charge < -0.3 is 0 Å². The van der Waals surface area contributed by atoms with Crippen LogP contribution in [0.15, 0.2) is 24.3 Å². The molecule has 1 N–H and O–H groups in total. The lowest BCUT2D eigenvalue weighted by Crippen LogP contribution is -1.78. The number of hydrogen-bond donors (Lipinski definition) is 1. The molecule has 72 valence electrons. The van der Waals surface area contributed by atoms with Gasteiger partial charge in [-0.2, -0.15) is 5.10 Å². The van der Waals surface area contributed by atoms with E-state index in [1.54, 1.807) is 12.1 Å². The van der Waals surface area contributed by atoms with Crippen LogP contribution in [0.4, 0.5) is 0 Å². The van der Waals surface area contributed by atoms with Crippen LogP contribution in [0.5, 0.6) is 0 Å². The van der Waals surface area contributed by atoms with Crippen molar-refractivity contribution in [3.8, 4) is 11.3 Å². The summed E-state index contributed by atoms with van der Waals surface area (Å²) in [6.45, 7) is 1.95. The van der Waals surface area contributed by atoms with Gasteiger partial charge in [0.2, 0.25) is 0 Å². The summed E-state index contributed by atoms with van der Waals surface area (Å²) in [5.41, 5.74) is 2.86. The summed E-state index contributed by atoms with van der Waals surface area (Å²) in [6.07, 6.45) is 0.